The lowest BCUT2D eigenvalue weighted by Crippen LogP contribution is -2.24. The summed E-state index contributed by atoms with van der Waals surface area (Å²) in [4.78, 5) is 18.8. The van der Waals surface area contributed by atoms with Crippen LogP contribution in [-0.4, -0.2) is 24.0 Å². The van der Waals surface area contributed by atoms with Crippen molar-refractivity contribution >= 4 is 28.9 Å². The van der Waals surface area contributed by atoms with Crippen molar-refractivity contribution in [1.29, 1.82) is 0 Å². The number of halogens is 2. The number of nitrogens with one attached hydrogen (secondary N) is 1. The van der Waals surface area contributed by atoms with Crippen LogP contribution in [0.4, 0.5) is 15.8 Å². The number of benzene rings is 1. The predicted octanol–water partition coefficient (Wildman–Crippen LogP) is 4.51. The zero-order valence-corrected chi connectivity index (χ0v) is 14.0. The van der Waals surface area contributed by atoms with E-state index in [1.165, 1.54) is 31.0 Å². The monoisotopic (exact) mass is 347 g/mol. The average Bonchev–Trinajstić information content (AvgIpc) is 2.88. The Hall–Kier alpha value is -2.14. The van der Waals surface area contributed by atoms with Crippen LogP contribution in [0.3, 0.4) is 0 Å². The zero-order valence-electron chi connectivity index (χ0n) is 13.3. The highest BCUT2D eigenvalue weighted by atomic mass is 35.5. The van der Waals surface area contributed by atoms with Crippen molar-refractivity contribution in [2.45, 2.75) is 25.7 Å². The maximum absolute atomic E-state index is 13.2. The molecule has 1 fully saturated rings. The van der Waals surface area contributed by atoms with Gasteiger partial charge in [-0.05, 0) is 43.2 Å². The lowest BCUT2D eigenvalue weighted by atomic mass is 10.2. The summed E-state index contributed by atoms with van der Waals surface area (Å²) in [5.74, 6) is -0.856. The van der Waals surface area contributed by atoms with E-state index in [0.717, 1.165) is 31.6 Å². The number of aromatic nitrogens is 1. The molecule has 0 bridgehead atoms. The minimum atomic E-state index is -0.518. The summed E-state index contributed by atoms with van der Waals surface area (Å²) in [5.41, 5.74) is 1.78. The molecular formula is C18H19ClFN3O. The van der Waals surface area contributed by atoms with E-state index in [0.29, 0.717) is 11.4 Å². The number of hydrogen-bond acceptors (Lipinski definition) is 3. The molecule has 2 heterocycles. The Morgan fingerprint density at radius 1 is 1.12 bits per heavy atom. The SMILES string of the molecule is O=C(Nc1ccc(F)c(Cl)c1)c1cc(N2CCCCCC2)ccn1. The number of amides is 1. The molecular weight excluding hydrogens is 329 g/mol. The van der Waals surface area contributed by atoms with Crippen LogP contribution in [0.25, 0.3) is 0 Å². The van der Waals surface area contributed by atoms with Crippen molar-refractivity contribution < 1.29 is 9.18 Å². The van der Waals surface area contributed by atoms with Crippen molar-refractivity contribution in [3.8, 4) is 0 Å². The van der Waals surface area contributed by atoms with Gasteiger partial charge in [-0.1, -0.05) is 24.4 Å². The molecule has 6 heteroatoms. The summed E-state index contributed by atoms with van der Waals surface area (Å²) in [6, 6.07) is 7.80. The van der Waals surface area contributed by atoms with Crippen LogP contribution in [0.1, 0.15) is 36.2 Å². The normalized spacial score (nSPS) is 15.0. The first-order valence-electron chi connectivity index (χ1n) is 8.11. The van der Waals surface area contributed by atoms with Crippen LogP contribution < -0.4 is 10.2 Å². The molecule has 24 heavy (non-hydrogen) atoms. The largest absolute Gasteiger partial charge is 0.371 e. The first-order chi connectivity index (χ1) is 11.6. The van der Waals surface area contributed by atoms with Crippen molar-refractivity contribution in [2.75, 3.05) is 23.3 Å². The molecule has 1 aromatic carbocycles. The number of nitrogens with zero attached hydrogens (tertiary/aromatic N) is 2. The van der Waals surface area contributed by atoms with E-state index in [1.807, 2.05) is 6.07 Å². The maximum atomic E-state index is 13.2. The Bertz CT molecular complexity index is 730. The molecule has 0 spiro atoms. The van der Waals surface area contributed by atoms with E-state index >= 15 is 0 Å². The average molecular weight is 348 g/mol. The number of anilines is 2. The fraction of sp³-hybridized carbons (Fsp3) is 0.333. The zero-order chi connectivity index (χ0) is 16.9. The number of hydrogen-bond donors (Lipinski definition) is 1. The molecule has 0 saturated carbocycles. The molecule has 0 aliphatic carbocycles. The summed E-state index contributed by atoms with van der Waals surface area (Å²) >= 11 is 5.74. The Kier molecular flexibility index (Phi) is 5.30. The quantitative estimate of drug-likeness (QED) is 0.888. The molecule has 2 aromatic rings. The fourth-order valence-corrected chi connectivity index (χ4v) is 3.02. The summed E-state index contributed by atoms with van der Waals surface area (Å²) in [5, 5.41) is 2.67. The van der Waals surface area contributed by atoms with Gasteiger partial charge in [-0.2, -0.15) is 0 Å². The lowest BCUT2D eigenvalue weighted by Gasteiger charge is -2.22. The van der Waals surface area contributed by atoms with Gasteiger partial charge in [-0.15, -0.1) is 0 Å². The van der Waals surface area contributed by atoms with Crippen LogP contribution in [0, 0.1) is 5.82 Å². The third-order valence-corrected chi connectivity index (χ3v) is 4.41. The number of carbonyl (C=O) groups is 1. The lowest BCUT2D eigenvalue weighted by molar-refractivity contribution is 0.102. The van der Waals surface area contributed by atoms with Gasteiger partial charge in [-0.3, -0.25) is 9.78 Å². The summed E-state index contributed by atoms with van der Waals surface area (Å²) in [7, 11) is 0. The Labute approximate surface area is 145 Å². The first kappa shape index (κ1) is 16.7. The molecule has 1 aromatic heterocycles. The van der Waals surface area contributed by atoms with Crippen LogP contribution in [-0.2, 0) is 0 Å². The van der Waals surface area contributed by atoms with Gasteiger partial charge in [-0.25, -0.2) is 4.39 Å². The summed E-state index contributed by atoms with van der Waals surface area (Å²) in [6.07, 6.45) is 6.48. The minimum absolute atomic E-state index is 0.0286. The van der Waals surface area contributed by atoms with Gasteiger partial charge >= 0.3 is 0 Å². The highest BCUT2D eigenvalue weighted by molar-refractivity contribution is 6.31. The third-order valence-electron chi connectivity index (χ3n) is 4.12. The second-order valence-corrected chi connectivity index (χ2v) is 6.29. The van der Waals surface area contributed by atoms with Crippen molar-refractivity contribution in [2.24, 2.45) is 0 Å². The maximum Gasteiger partial charge on any atom is 0.274 e. The molecule has 1 saturated heterocycles. The van der Waals surface area contributed by atoms with Crippen LogP contribution >= 0.6 is 11.6 Å². The van der Waals surface area contributed by atoms with Crippen molar-refractivity contribution in [1.82, 2.24) is 4.98 Å². The highest BCUT2D eigenvalue weighted by Gasteiger charge is 2.14. The van der Waals surface area contributed by atoms with Gasteiger partial charge in [0.15, 0.2) is 0 Å². The van der Waals surface area contributed by atoms with Gasteiger partial charge in [0.05, 0.1) is 5.02 Å². The van der Waals surface area contributed by atoms with E-state index in [2.05, 4.69) is 15.2 Å². The van der Waals surface area contributed by atoms with Gasteiger partial charge in [0, 0.05) is 30.7 Å². The van der Waals surface area contributed by atoms with E-state index in [1.54, 1.807) is 12.3 Å². The molecule has 1 N–H and O–H groups in total. The number of rotatable bonds is 3. The second-order valence-electron chi connectivity index (χ2n) is 5.88. The van der Waals surface area contributed by atoms with E-state index in [-0.39, 0.29) is 10.9 Å². The number of carbonyl (C=O) groups excluding carboxylic acids is 1. The van der Waals surface area contributed by atoms with Crippen molar-refractivity contribution in [3.05, 3.63) is 53.1 Å². The van der Waals surface area contributed by atoms with Crippen LogP contribution in [0.15, 0.2) is 36.5 Å². The van der Waals surface area contributed by atoms with Crippen molar-refractivity contribution in [3.63, 3.8) is 0 Å². The van der Waals surface area contributed by atoms with Gasteiger partial charge in [0.2, 0.25) is 0 Å². The van der Waals surface area contributed by atoms with Gasteiger partial charge in [0.25, 0.3) is 5.91 Å². The third kappa shape index (κ3) is 4.03. The standard InChI is InChI=1S/C18H19ClFN3O/c19-15-11-13(5-6-16(15)20)22-18(24)17-12-14(7-8-21-17)23-9-3-1-2-4-10-23/h5-8,11-12H,1-4,9-10H2,(H,22,24). The Morgan fingerprint density at radius 3 is 2.58 bits per heavy atom. The molecule has 1 aliphatic rings. The topological polar surface area (TPSA) is 45.2 Å². The predicted molar refractivity (Wildman–Crippen MR) is 94.3 cm³/mol. The van der Waals surface area contributed by atoms with E-state index in [9.17, 15) is 9.18 Å². The summed E-state index contributed by atoms with van der Waals surface area (Å²) < 4.78 is 13.2. The smallest absolute Gasteiger partial charge is 0.274 e. The fourth-order valence-electron chi connectivity index (χ4n) is 2.84. The highest BCUT2D eigenvalue weighted by Crippen LogP contribution is 2.22. The molecule has 1 aliphatic heterocycles. The molecule has 3 rings (SSSR count). The van der Waals surface area contributed by atoms with E-state index < -0.39 is 5.82 Å². The molecule has 126 valence electrons. The number of pyridine rings is 1. The van der Waals surface area contributed by atoms with Crippen LogP contribution in [0.2, 0.25) is 5.02 Å². The molecule has 0 radical (unpaired) electrons. The molecule has 1 amide bonds. The van der Waals surface area contributed by atoms with Crippen LogP contribution in [0.5, 0.6) is 0 Å². The Balaban J connectivity index is 1.74. The second kappa shape index (κ2) is 7.62. The Morgan fingerprint density at radius 2 is 1.88 bits per heavy atom. The minimum Gasteiger partial charge on any atom is -0.371 e. The van der Waals surface area contributed by atoms with Gasteiger partial charge in [0.1, 0.15) is 11.5 Å². The molecule has 4 nitrogen and oxygen atoms in total. The molecule has 0 atom stereocenters. The molecule has 0 unspecified atom stereocenters. The first-order valence-corrected chi connectivity index (χ1v) is 8.49. The summed E-state index contributed by atoms with van der Waals surface area (Å²) in [6.45, 7) is 2.00. The van der Waals surface area contributed by atoms with Gasteiger partial charge < -0.3 is 10.2 Å². The van der Waals surface area contributed by atoms with E-state index in [4.69, 9.17) is 11.6 Å².